The van der Waals surface area contributed by atoms with E-state index in [9.17, 15) is 0 Å². The fourth-order valence-corrected chi connectivity index (χ4v) is 6.10. The van der Waals surface area contributed by atoms with Gasteiger partial charge in [0.1, 0.15) is 0 Å². The molecule has 1 unspecified atom stereocenters. The summed E-state index contributed by atoms with van der Waals surface area (Å²) in [7, 11) is 3.21. The van der Waals surface area contributed by atoms with Gasteiger partial charge in [-0.05, 0) is 66.2 Å². The maximum absolute atomic E-state index is 6.16. The Labute approximate surface area is 228 Å². The van der Waals surface area contributed by atoms with Crippen molar-refractivity contribution in [3.63, 3.8) is 0 Å². The fraction of sp³-hybridized carbons (Fsp3) is 0.379. The second-order valence-electron chi connectivity index (χ2n) is 8.59. The maximum Gasteiger partial charge on any atom is 0.166 e. The van der Waals surface area contributed by atoms with Gasteiger partial charge in [0.25, 0.3) is 0 Å². The summed E-state index contributed by atoms with van der Waals surface area (Å²) in [5, 5.41) is 1.48. The molecule has 194 valence electrons. The number of nitrogens with zero attached hydrogens (tertiary/aromatic N) is 1. The minimum Gasteiger partial charge on any atom is -0.383 e. The van der Waals surface area contributed by atoms with Crippen LogP contribution >= 0.6 is 23.2 Å². The van der Waals surface area contributed by atoms with Gasteiger partial charge in [-0.25, -0.2) is 0 Å². The van der Waals surface area contributed by atoms with Crippen LogP contribution in [0.5, 0.6) is 0 Å². The number of hydrogen-bond acceptors (Lipinski definition) is 4. The van der Waals surface area contributed by atoms with Crippen LogP contribution in [0.2, 0.25) is 10.0 Å². The van der Waals surface area contributed by atoms with Gasteiger partial charge in [-0.1, -0.05) is 42.3 Å². The van der Waals surface area contributed by atoms with Gasteiger partial charge in [0.15, 0.2) is 14.7 Å². The van der Waals surface area contributed by atoms with E-state index in [0.29, 0.717) is 32.3 Å². The summed E-state index contributed by atoms with van der Waals surface area (Å²) < 4.78 is 16.5. The van der Waals surface area contributed by atoms with Crippen molar-refractivity contribution in [3.8, 4) is 0 Å². The van der Waals surface area contributed by atoms with Gasteiger partial charge < -0.3 is 14.2 Å². The maximum atomic E-state index is 6.16. The van der Waals surface area contributed by atoms with Crippen LogP contribution in [0.25, 0.3) is 0 Å². The van der Waals surface area contributed by atoms with E-state index in [4.69, 9.17) is 37.4 Å². The highest BCUT2D eigenvalue weighted by molar-refractivity contribution is 7.97. The fourth-order valence-electron chi connectivity index (χ4n) is 3.81. The third-order valence-electron chi connectivity index (χ3n) is 5.93. The van der Waals surface area contributed by atoms with Crippen LogP contribution in [0.15, 0.2) is 87.5 Å². The minimum absolute atomic E-state index is 0.245. The van der Waals surface area contributed by atoms with Crippen LogP contribution < -0.4 is 0 Å². The molecule has 0 N–H and O–H groups in total. The third kappa shape index (κ3) is 9.07. The number of hydrogen-bond donors (Lipinski definition) is 0. The molecule has 0 amide bonds. The lowest BCUT2D eigenvalue weighted by Crippen LogP contribution is -2.33. The van der Waals surface area contributed by atoms with Crippen LogP contribution in [-0.4, -0.2) is 65.2 Å². The molecule has 0 saturated carbocycles. The van der Waals surface area contributed by atoms with E-state index >= 15 is 0 Å². The normalized spacial score (nSPS) is 12.4. The van der Waals surface area contributed by atoms with Crippen LogP contribution in [-0.2, 0) is 25.1 Å². The van der Waals surface area contributed by atoms with Gasteiger partial charge in [-0.3, -0.25) is 4.90 Å². The lowest BCUT2D eigenvalue weighted by Gasteiger charge is -2.22. The van der Waals surface area contributed by atoms with Crippen molar-refractivity contribution < 1.29 is 14.2 Å². The number of halogens is 2. The SMILES string of the molecule is COCCN(CCOC)CCOCC(C)c1ccc([S+](c2ccc(Cl)cc2)c2ccc(Cl)cc2)cc1. The van der Waals surface area contributed by atoms with E-state index < -0.39 is 0 Å². The summed E-state index contributed by atoms with van der Waals surface area (Å²) in [6.45, 7) is 7.62. The van der Waals surface area contributed by atoms with Gasteiger partial charge in [0.05, 0.1) is 37.3 Å². The molecule has 0 aliphatic heterocycles. The molecule has 0 fully saturated rings. The van der Waals surface area contributed by atoms with Gasteiger partial charge in [-0.2, -0.15) is 0 Å². The Morgan fingerprint density at radius 1 is 0.667 bits per heavy atom. The Balaban J connectivity index is 1.63. The van der Waals surface area contributed by atoms with E-state index in [1.54, 1.807) is 14.2 Å². The molecule has 3 aromatic carbocycles. The Hall–Kier alpha value is -1.57. The van der Waals surface area contributed by atoms with Crippen molar-refractivity contribution in [1.29, 1.82) is 0 Å². The molecule has 0 saturated heterocycles. The zero-order valence-corrected chi connectivity index (χ0v) is 23.6. The quantitative estimate of drug-likeness (QED) is 0.154. The predicted octanol–water partition coefficient (Wildman–Crippen LogP) is 6.80. The second-order valence-corrected chi connectivity index (χ2v) is 11.5. The third-order valence-corrected chi connectivity index (χ3v) is 8.66. The minimum atomic E-state index is -0.245. The highest BCUT2D eigenvalue weighted by atomic mass is 35.5. The molecule has 7 heteroatoms. The number of benzene rings is 3. The monoisotopic (exact) mass is 548 g/mol. The van der Waals surface area contributed by atoms with Crippen molar-refractivity contribution in [3.05, 3.63) is 88.4 Å². The predicted molar refractivity (Wildman–Crippen MR) is 151 cm³/mol. The van der Waals surface area contributed by atoms with Crippen molar-refractivity contribution in [1.82, 2.24) is 4.90 Å². The lowest BCUT2D eigenvalue weighted by molar-refractivity contribution is 0.0688. The molecular formula is C29H36Cl2NO3S+. The Morgan fingerprint density at radius 3 is 1.53 bits per heavy atom. The first-order valence-corrected chi connectivity index (χ1v) is 14.1. The zero-order valence-electron chi connectivity index (χ0n) is 21.3. The van der Waals surface area contributed by atoms with Crippen molar-refractivity contribution in [2.24, 2.45) is 0 Å². The van der Waals surface area contributed by atoms with E-state index in [2.05, 4.69) is 60.4 Å². The van der Waals surface area contributed by atoms with Crippen LogP contribution in [0.3, 0.4) is 0 Å². The average Bonchev–Trinajstić information content (AvgIpc) is 2.90. The molecule has 0 spiro atoms. The van der Waals surface area contributed by atoms with Crippen molar-refractivity contribution in [2.75, 3.05) is 60.3 Å². The summed E-state index contributed by atoms with van der Waals surface area (Å²) in [5.74, 6) is 0.304. The molecule has 4 nitrogen and oxygen atoms in total. The largest absolute Gasteiger partial charge is 0.383 e. The van der Waals surface area contributed by atoms with Gasteiger partial charge in [-0.15, -0.1) is 0 Å². The molecule has 3 aromatic rings. The van der Waals surface area contributed by atoms with E-state index in [0.717, 1.165) is 29.7 Å². The highest BCUT2D eigenvalue weighted by Gasteiger charge is 2.28. The summed E-state index contributed by atoms with van der Waals surface area (Å²) in [6, 6.07) is 25.1. The van der Waals surface area contributed by atoms with Crippen molar-refractivity contribution >= 4 is 34.1 Å². The van der Waals surface area contributed by atoms with Crippen LogP contribution in [0, 0.1) is 0 Å². The van der Waals surface area contributed by atoms with Gasteiger partial charge in [0, 0.05) is 49.8 Å². The number of methoxy groups -OCH3 is 2. The Bertz CT molecular complexity index is 963. The lowest BCUT2D eigenvalue weighted by atomic mass is 10.0. The molecule has 3 rings (SSSR count). The van der Waals surface area contributed by atoms with Crippen molar-refractivity contribution in [2.45, 2.75) is 27.5 Å². The number of ether oxygens (including phenoxy) is 3. The molecule has 36 heavy (non-hydrogen) atoms. The summed E-state index contributed by atoms with van der Waals surface area (Å²) in [4.78, 5) is 6.00. The standard InChI is InChI=1S/C29H36Cl2NO3S/c1-23(22-35-21-18-32(16-19-33-2)17-20-34-3)24-4-10-27(11-5-24)36(28-12-6-25(30)7-13-28)29-14-8-26(31)9-15-29/h4-15,23H,16-22H2,1-3H3/q+1. The Morgan fingerprint density at radius 2 is 1.08 bits per heavy atom. The molecule has 0 radical (unpaired) electrons. The average molecular weight is 550 g/mol. The smallest absolute Gasteiger partial charge is 0.166 e. The van der Waals surface area contributed by atoms with E-state index in [-0.39, 0.29) is 10.9 Å². The van der Waals surface area contributed by atoms with Gasteiger partial charge >= 0.3 is 0 Å². The summed E-state index contributed by atoms with van der Waals surface area (Å²) in [5.41, 5.74) is 1.27. The first-order chi connectivity index (χ1) is 17.5. The molecule has 1 atom stereocenters. The summed E-state index contributed by atoms with van der Waals surface area (Å²) in [6.07, 6.45) is 0. The van der Waals surface area contributed by atoms with E-state index in [1.165, 1.54) is 20.2 Å². The molecule has 0 heterocycles. The summed E-state index contributed by atoms with van der Waals surface area (Å²) >= 11 is 12.3. The molecule has 0 bridgehead atoms. The molecule has 0 aromatic heterocycles. The second kappa shape index (κ2) is 15.6. The first kappa shape index (κ1) is 29.0. The topological polar surface area (TPSA) is 30.9 Å². The zero-order chi connectivity index (χ0) is 25.8. The van der Waals surface area contributed by atoms with Gasteiger partial charge in [0.2, 0.25) is 0 Å². The van der Waals surface area contributed by atoms with Crippen LogP contribution in [0.1, 0.15) is 18.4 Å². The van der Waals surface area contributed by atoms with E-state index in [1.807, 2.05) is 24.3 Å². The molecule has 0 aliphatic rings. The van der Waals surface area contributed by atoms with Crippen LogP contribution in [0.4, 0.5) is 0 Å². The molecule has 0 aliphatic carbocycles. The highest BCUT2D eigenvalue weighted by Crippen LogP contribution is 2.33. The first-order valence-electron chi connectivity index (χ1n) is 12.1. The molecular weight excluding hydrogens is 513 g/mol. The Kier molecular flexibility index (Phi) is 12.6. The number of rotatable bonds is 15.